The number of ether oxygens (including phenoxy) is 1. The molecule has 0 bridgehead atoms. The molecule has 1 aromatic heterocycles. The van der Waals surface area contributed by atoms with Gasteiger partial charge >= 0.3 is 197 Å². The van der Waals surface area contributed by atoms with Crippen LogP contribution in [-0.4, -0.2) is 120 Å². The SMILES string of the molecule is CCc1cc(Nc2ncc(Br)c(Nc3ccccc3[PH]3(O)CCCC3)n2)c(OC)cc1N1CCC(N2CCN(C(=O)C3CN(c4cc(F)c(C5CCC(=O)NC5=O)c(F)c4)C3)CC2)CC1. The first-order chi connectivity index (χ1) is 31.4. The van der Waals surface area contributed by atoms with Crippen molar-refractivity contribution in [3.63, 3.8) is 0 Å². The summed E-state index contributed by atoms with van der Waals surface area (Å²) in [6, 6.07) is 15.1. The summed E-state index contributed by atoms with van der Waals surface area (Å²) in [4.78, 5) is 66.9. The van der Waals surface area contributed by atoms with Crippen LogP contribution in [-0.2, 0) is 20.8 Å². The van der Waals surface area contributed by atoms with Gasteiger partial charge in [0.25, 0.3) is 0 Å². The summed E-state index contributed by atoms with van der Waals surface area (Å²) in [5, 5.41) is 10.1. The van der Waals surface area contributed by atoms with E-state index in [1.165, 1.54) is 17.7 Å². The van der Waals surface area contributed by atoms with Crippen LogP contribution < -0.4 is 35.8 Å². The topological polar surface area (TPSA) is 156 Å². The van der Waals surface area contributed by atoms with Crippen LogP contribution in [0.2, 0.25) is 0 Å². The zero-order valence-corrected chi connectivity index (χ0v) is 39.4. The van der Waals surface area contributed by atoms with Gasteiger partial charge in [0.1, 0.15) is 11.6 Å². The summed E-state index contributed by atoms with van der Waals surface area (Å²) in [7, 11) is -0.866. The molecule has 3 aromatic carbocycles. The first-order valence-corrected chi connectivity index (χ1v) is 26.0. The number of carbonyl (C=O) groups excluding carboxylic acids is 3. The van der Waals surface area contributed by atoms with Gasteiger partial charge in [-0.05, 0) is 31.4 Å². The van der Waals surface area contributed by atoms with Gasteiger partial charge in [0, 0.05) is 76.1 Å². The predicted octanol–water partition coefficient (Wildman–Crippen LogP) is 6.42. The first-order valence-electron chi connectivity index (χ1n) is 22.9. The molecule has 0 saturated carbocycles. The number of piperazine rings is 1. The summed E-state index contributed by atoms with van der Waals surface area (Å²) in [6.45, 7) is 7.56. The van der Waals surface area contributed by atoms with E-state index >= 15 is 8.78 Å². The molecule has 1 unspecified atom stereocenters. The number of hydrogen-bond acceptors (Lipinski definition) is 12. The van der Waals surface area contributed by atoms with Gasteiger partial charge in [-0.15, -0.1) is 0 Å². The second-order valence-electron chi connectivity index (χ2n) is 18.0. The quantitative estimate of drug-likeness (QED) is 0.0915. The van der Waals surface area contributed by atoms with Crippen LogP contribution >= 0.6 is 23.4 Å². The van der Waals surface area contributed by atoms with Crippen molar-refractivity contribution in [1.29, 1.82) is 0 Å². The Balaban J connectivity index is 0.772. The fourth-order valence-corrected chi connectivity index (χ4v) is 14.2. The number of rotatable bonds is 12. The van der Waals surface area contributed by atoms with Crippen molar-refractivity contribution >= 4 is 81.0 Å². The Morgan fingerprint density at radius 2 is 1.65 bits per heavy atom. The third kappa shape index (κ3) is 9.39. The van der Waals surface area contributed by atoms with E-state index in [-0.39, 0.29) is 30.2 Å². The smallest absolute Gasteiger partial charge is 0.370 e. The van der Waals surface area contributed by atoms with Gasteiger partial charge in [-0.3, -0.25) is 24.6 Å². The number of aromatic nitrogens is 2. The van der Waals surface area contributed by atoms with E-state index in [1.54, 1.807) is 18.2 Å². The molecular formula is C47H57BrF2N9O5P. The van der Waals surface area contributed by atoms with Gasteiger partial charge in [-0.25, -0.2) is 8.78 Å². The van der Waals surface area contributed by atoms with Gasteiger partial charge in [-0.1, -0.05) is 0 Å². The second kappa shape index (κ2) is 19.1. The molecule has 6 heterocycles. The number of aryl methyl sites for hydroxylation is 1. The molecule has 18 heteroatoms. The number of methoxy groups -OCH3 is 1. The number of halogens is 3. The van der Waals surface area contributed by atoms with E-state index < -0.39 is 36.9 Å². The van der Waals surface area contributed by atoms with E-state index in [1.807, 2.05) is 29.2 Å². The van der Waals surface area contributed by atoms with E-state index in [0.29, 0.717) is 59.9 Å². The minimum Gasteiger partial charge on any atom is -0.370 e. The van der Waals surface area contributed by atoms with Gasteiger partial charge in [0.15, 0.2) is 0 Å². The molecule has 0 radical (unpaired) electrons. The van der Waals surface area contributed by atoms with Gasteiger partial charge in [0.05, 0.1) is 11.8 Å². The molecule has 4 N–H and O–H groups in total. The minimum atomic E-state index is -2.54. The fraction of sp³-hybridized carbons (Fsp3) is 0.468. The molecule has 5 saturated heterocycles. The van der Waals surface area contributed by atoms with Gasteiger partial charge in [-0.2, -0.15) is 0 Å². The molecule has 9 rings (SSSR count). The third-order valence-electron chi connectivity index (χ3n) is 14.1. The summed E-state index contributed by atoms with van der Waals surface area (Å²) < 4.78 is 37.0. The predicted molar refractivity (Wildman–Crippen MR) is 255 cm³/mol. The standard InChI is InChI=1S/C47H57BrF2N9O5P/c1-3-29-22-38(53-47-51-26-34(48)44(55-47)52-37-8-4-5-9-41(37)65(63)20-6-7-21-65)40(64-2)25-39(29)57-14-12-31(13-15-57)56-16-18-58(19-17-56)46(62)30-27-59(28-30)32-23-35(49)43(36(50)24-32)33-10-11-42(60)54-45(33)61/h4-5,8-9,22-26,30-31,33,63,65H,3,6-7,10-21,27-28H2,1-2H3,(H,54,60,61)(H2,51,52,53,55). The van der Waals surface area contributed by atoms with Crippen LogP contribution in [0.3, 0.4) is 0 Å². The van der Waals surface area contributed by atoms with Crippen molar-refractivity contribution in [2.45, 2.75) is 63.8 Å². The molecule has 0 spiro atoms. The summed E-state index contributed by atoms with van der Waals surface area (Å²) in [6.07, 6.45) is 8.49. The normalized spacial score (nSPS) is 21.2. The number of carbonyl (C=O) groups is 3. The van der Waals surface area contributed by atoms with Gasteiger partial charge in [0.2, 0.25) is 17.7 Å². The number of anilines is 6. The van der Waals surface area contributed by atoms with Crippen LogP contribution in [0.4, 0.5) is 43.3 Å². The monoisotopic (exact) mass is 975 g/mol. The molecule has 346 valence electrons. The van der Waals surface area contributed by atoms with E-state index in [9.17, 15) is 19.3 Å². The molecule has 4 aromatic rings. The van der Waals surface area contributed by atoms with E-state index in [0.717, 1.165) is 93.0 Å². The Morgan fingerprint density at radius 1 is 0.938 bits per heavy atom. The maximum atomic E-state index is 15.2. The Bertz CT molecular complexity index is 2430. The van der Waals surface area contributed by atoms with Crippen LogP contribution in [0, 0.1) is 17.6 Å². The number of nitrogens with zero attached hydrogens (tertiary/aromatic N) is 6. The first kappa shape index (κ1) is 45.2. The Labute approximate surface area is 387 Å². The van der Waals surface area contributed by atoms with Crippen molar-refractivity contribution in [3.8, 4) is 5.75 Å². The number of amides is 3. The van der Waals surface area contributed by atoms with Crippen molar-refractivity contribution in [3.05, 3.63) is 82.0 Å². The summed E-state index contributed by atoms with van der Waals surface area (Å²) in [5.41, 5.74) is 4.01. The number of hydrogen-bond donors (Lipinski definition) is 4. The molecule has 14 nitrogen and oxygen atoms in total. The van der Waals surface area contributed by atoms with Crippen molar-refractivity contribution in [2.24, 2.45) is 5.92 Å². The number of para-hydroxylation sites is 1. The second-order valence-corrected chi connectivity index (χ2v) is 22.4. The van der Waals surface area contributed by atoms with Crippen molar-refractivity contribution in [2.75, 3.05) is 92.2 Å². The molecule has 5 aliphatic heterocycles. The van der Waals surface area contributed by atoms with Crippen LogP contribution in [0.5, 0.6) is 5.75 Å². The maximum absolute atomic E-state index is 15.2. The molecule has 5 aliphatic rings. The van der Waals surface area contributed by atoms with Gasteiger partial charge < -0.3 is 9.80 Å². The molecule has 5 fully saturated rings. The van der Waals surface area contributed by atoms with Crippen LogP contribution in [0.25, 0.3) is 0 Å². The molecule has 0 aliphatic carbocycles. The molecular weight excluding hydrogens is 919 g/mol. The van der Waals surface area contributed by atoms with Crippen molar-refractivity contribution in [1.82, 2.24) is 25.1 Å². The molecule has 65 heavy (non-hydrogen) atoms. The fourth-order valence-electron chi connectivity index (χ4n) is 10.4. The van der Waals surface area contributed by atoms with E-state index in [2.05, 4.69) is 65.7 Å². The van der Waals surface area contributed by atoms with Crippen molar-refractivity contribution < 1.29 is 32.8 Å². The average molecular weight is 977 g/mol. The third-order valence-corrected chi connectivity index (χ3v) is 18.5. The summed E-state index contributed by atoms with van der Waals surface area (Å²) >= 11 is 3.62. The zero-order valence-electron chi connectivity index (χ0n) is 36.8. The Morgan fingerprint density at radius 3 is 2.32 bits per heavy atom. The Kier molecular flexibility index (Phi) is 13.3. The molecule has 3 amide bonds. The van der Waals surface area contributed by atoms with E-state index in [4.69, 9.17) is 9.72 Å². The zero-order chi connectivity index (χ0) is 45.4. The number of piperidine rings is 2. The number of benzene rings is 3. The Hall–Kier alpha value is -4.96. The van der Waals surface area contributed by atoms with Crippen LogP contribution in [0.1, 0.15) is 62.5 Å². The average Bonchev–Trinajstić information content (AvgIpc) is 3.74. The molecule has 1 atom stereocenters. The van der Waals surface area contributed by atoms with Crippen LogP contribution in [0.15, 0.2) is 59.2 Å². The minimum absolute atomic E-state index is 0.0305. The summed E-state index contributed by atoms with van der Waals surface area (Å²) in [5.74, 6) is -2.29. The number of nitrogens with one attached hydrogen (secondary N) is 3. The number of imide groups is 1.